The van der Waals surface area contributed by atoms with Gasteiger partial charge in [0.05, 0.1) is 12.6 Å². The molecule has 0 amide bonds. The Morgan fingerprint density at radius 2 is 2.14 bits per heavy atom. The fraction of sp³-hybridized carbons (Fsp3) is 0.765. The van der Waals surface area contributed by atoms with Crippen molar-refractivity contribution in [1.82, 2.24) is 4.90 Å². The van der Waals surface area contributed by atoms with Gasteiger partial charge in [0.25, 0.3) is 0 Å². The van der Waals surface area contributed by atoms with Crippen LogP contribution in [0.5, 0.6) is 0 Å². The third-order valence-electron chi connectivity index (χ3n) is 4.30. The number of ether oxygens (including phenoxy) is 1. The Morgan fingerprint density at radius 1 is 1.43 bits per heavy atom. The van der Waals surface area contributed by atoms with E-state index < -0.39 is 0 Å². The molecule has 1 aromatic heterocycles. The van der Waals surface area contributed by atoms with Crippen LogP contribution in [0.4, 0.5) is 0 Å². The summed E-state index contributed by atoms with van der Waals surface area (Å²) in [5, 5.41) is 0. The van der Waals surface area contributed by atoms with Crippen molar-refractivity contribution >= 4 is 0 Å². The van der Waals surface area contributed by atoms with Crippen LogP contribution in [0.25, 0.3) is 0 Å². The molecule has 0 saturated heterocycles. The van der Waals surface area contributed by atoms with Crippen LogP contribution in [0.15, 0.2) is 16.5 Å². The zero-order valence-corrected chi connectivity index (χ0v) is 13.8. The first-order valence-electron chi connectivity index (χ1n) is 8.09. The molecule has 2 rings (SSSR count). The van der Waals surface area contributed by atoms with Gasteiger partial charge in [-0.2, -0.15) is 0 Å². The molecule has 1 fully saturated rings. The monoisotopic (exact) mass is 294 g/mol. The summed E-state index contributed by atoms with van der Waals surface area (Å²) in [5.74, 6) is 4.11. The molecule has 1 aliphatic rings. The minimum absolute atomic E-state index is 0.144. The van der Waals surface area contributed by atoms with E-state index in [1.807, 2.05) is 0 Å². The van der Waals surface area contributed by atoms with E-state index in [0.717, 1.165) is 37.1 Å². The Bertz CT molecular complexity index is 430. The number of hydrogen-bond acceptors (Lipinski definition) is 4. The number of furan rings is 1. The molecular formula is C17H30N2O2. The molecule has 3 atom stereocenters. The Hall–Kier alpha value is -0.840. The molecule has 0 spiro atoms. The molecule has 21 heavy (non-hydrogen) atoms. The lowest BCUT2D eigenvalue weighted by Gasteiger charge is -2.30. The second-order valence-electron chi connectivity index (χ2n) is 6.69. The summed E-state index contributed by atoms with van der Waals surface area (Å²) in [4.78, 5) is 2.38. The predicted molar refractivity (Wildman–Crippen MR) is 85.3 cm³/mol. The summed E-state index contributed by atoms with van der Waals surface area (Å²) in [6.45, 7) is 9.91. The van der Waals surface area contributed by atoms with Crippen LogP contribution < -0.4 is 5.73 Å². The van der Waals surface area contributed by atoms with Crippen molar-refractivity contribution in [2.45, 2.75) is 39.2 Å². The highest BCUT2D eigenvalue weighted by Crippen LogP contribution is 2.47. The van der Waals surface area contributed by atoms with Crippen LogP contribution in [0.1, 0.15) is 50.7 Å². The van der Waals surface area contributed by atoms with Crippen molar-refractivity contribution in [3.05, 3.63) is 23.7 Å². The fourth-order valence-corrected chi connectivity index (χ4v) is 2.96. The molecule has 1 saturated carbocycles. The molecule has 2 N–H and O–H groups in total. The van der Waals surface area contributed by atoms with Crippen molar-refractivity contribution in [3.63, 3.8) is 0 Å². The first-order chi connectivity index (χ1) is 10.1. The number of nitrogens with two attached hydrogens (primary N) is 1. The summed E-state index contributed by atoms with van der Waals surface area (Å²) >= 11 is 0. The largest absolute Gasteiger partial charge is 0.464 e. The lowest BCUT2D eigenvalue weighted by atomic mass is 10.1. The van der Waals surface area contributed by atoms with Crippen LogP contribution in [-0.4, -0.2) is 38.3 Å². The lowest BCUT2D eigenvalue weighted by Crippen LogP contribution is -2.38. The third kappa shape index (κ3) is 4.31. The second kappa shape index (κ2) is 7.43. The summed E-state index contributed by atoms with van der Waals surface area (Å²) in [7, 11) is 1.74. The summed E-state index contributed by atoms with van der Waals surface area (Å²) in [5.41, 5.74) is 6.04. The summed E-state index contributed by atoms with van der Waals surface area (Å²) in [6.07, 6.45) is 1.25. The summed E-state index contributed by atoms with van der Waals surface area (Å²) in [6, 6.07) is 4.39. The van der Waals surface area contributed by atoms with Gasteiger partial charge in [-0.1, -0.05) is 20.8 Å². The van der Waals surface area contributed by atoms with E-state index in [4.69, 9.17) is 14.9 Å². The molecule has 4 nitrogen and oxygen atoms in total. The van der Waals surface area contributed by atoms with Crippen molar-refractivity contribution in [3.8, 4) is 0 Å². The molecule has 0 bridgehead atoms. The lowest BCUT2D eigenvalue weighted by molar-refractivity contribution is 0.103. The van der Waals surface area contributed by atoms with Gasteiger partial charge < -0.3 is 14.9 Å². The molecule has 0 aliphatic heterocycles. The van der Waals surface area contributed by atoms with Crippen molar-refractivity contribution in [1.29, 1.82) is 0 Å². The summed E-state index contributed by atoms with van der Waals surface area (Å²) < 4.78 is 11.3. The van der Waals surface area contributed by atoms with E-state index in [2.05, 4.69) is 37.8 Å². The first-order valence-corrected chi connectivity index (χ1v) is 8.09. The molecule has 1 heterocycles. The first kappa shape index (κ1) is 16.5. The average molecular weight is 294 g/mol. The maximum absolute atomic E-state index is 6.11. The SMILES string of the molecule is COCCN(CC(C)C)C(CN)c1ccc(C2CC2C)o1. The Morgan fingerprint density at radius 3 is 2.67 bits per heavy atom. The normalized spacial score (nSPS) is 23.0. The van der Waals surface area contributed by atoms with E-state index >= 15 is 0 Å². The predicted octanol–water partition coefficient (Wildman–Crippen LogP) is 3.01. The number of nitrogens with zero attached hydrogens (tertiary/aromatic N) is 1. The molecular weight excluding hydrogens is 264 g/mol. The van der Waals surface area contributed by atoms with Gasteiger partial charge in [0.1, 0.15) is 11.5 Å². The maximum Gasteiger partial charge on any atom is 0.122 e. The van der Waals surface area contributed by atoms with E-state index in [9.17, 15) is 0 Å². The van der Waals surface area contributed by atoms with Crippen molar-refractivity contribution in [2.24, 2.45) is 17.6 Å². The van der Waals surface area contributed by atoms with Crippen LogP contribution in [-0.2, 0) is 4.74 Å². The highest BCUT2D eigenvalue weighted by Gasteiger charge is 2.37. The highest BCUT2D eigenvalue weighted by atomic mass is 16.5. The van der Waals surface area contributed by atoms with Crippen LogP contribution in [0, 0.1) is 11.8 Å². The standard InChI is InChI=1S/C17H30N2O2/c1-12(2)11-19(7-8-20-4)15(10-18)17-6-5-16(21-17)14-9-13(14)3/h5-6,12-15H,7-11,18H2,1-4H3. The third-order valence-corrected chi connectivity index (χ3v) is 4.30. The van der Waals surface area contributed by atoms with Crippen LogP contribution in [0.2, 0.25) is 0 Å². The Kier molecular flexibility index (Phi) is 5.85. The second-order valence-corrected chi connectivity index (χ2v) is 6.69. The zero-order chi connectivity index (χ0) is 15.4. The van der Waals surface area contributed by atoms with Gasteiger partial charge >= 0.3 is 0 Å². The van der Waals surface area contributed by atoms with Gasteiger partial charge in [0, 0.05) is 32.7 Å². The van der Waals surface area contributed by atoms with Crippen LogP contribution >= 0.6 is 0 Å². The van der Waals surface area contributed by atoms with Crippen molar-refractivity contribution < 1.29 is 9.15 Å². The van der Waals surface area contributed by atoms with Crippen molar-refractivity contribution in [2.75, 3.05) is 33.4 Å². The van der Waals surface area contributed by atoms with Gasteiger partial charge in [-0.3, -0.25) is 4.90 Å². The van der Waals surface area contributed by atoms with Gasteiger partial charge in [0.15, 0.2) is 0 Å². The van der Waals surface area contributed by atoms with E-state index in [-0.39, 0.29) is 6.04 Å². The molecule has 1 aliphatic carbocycles. The Labute approximate surface area is 128 Å². The number of hydrogen-bond donors (Lipinski definition) is 1. The average Bonchev–Trinajstić information content (AvgIpc) is 2.98. The molecule has 0 aromatic carbocycles. The van der Waals surface area contributed by atoms with Gasteiger partial charge in [0.2, 0.25) is 0 Å². The molecule has 0 radical (unpaired) electrons. The maximum atomic E-state index is 6.11. The zero-order valence-electron chi connectivity index (χ0n) is 13.8. The van der Waals surface area contributed by atoms with Crippen LogP contribution in [0.3, 0.4) is 0 Å². The smallest absolute Gasteiger partial charge is 0.122 e. The molecule has 4 heteroatoms. The highest BCUT2D eigenvalue weighted by molar-refractivity contribution is 5.19. The minimum Gasteiger partial charge on any atom is -0.464 e. The molecule has 120 valence electrons. The number of methoxy groups -OCH3 is 1. The quantitative estimate of drug-likeness (QED) is 0.760. The van der Waals surface area contributed by atoms with Gasteiger partial charge in [-0.25, -0.2) is 0 Å². The Balaban J connectivity index is 2.08. The minimum atomic E-state index is 0.144. The topological polar surface area (TPSA) is 51.6 Å². The molecule has 3 unspecified atom stereocenters. The number of rotatable bonds is 9. The van der Waals surface area contributed by atoms with E-state index in [0.29, 0.717) is 18.4 Å². The van der Waals surface area contributed by atoms with E-state index in [1.54, 1.807) is 7.11 Å². The van der Waals surface area contributed by atoms with Gasteiger partial charge in [-0.15, -0.1) is 0 Å². The molecule has 1 aromatic rings. The fourth-order valence-electron chi connectivity index (χ4n) is 2.96. The van der Waals surface area contributed by atoms with Gasteiger partial charge in [-0.05, 0) is 30.4 Å². The van der Waals surface area contributed by atoms with E-state index in [1.165, 1.54) is 6.42 Å².